The molecule has 6 heteroatoms. The molecule has 0 radical (unpaired) electrons. The number of likely N-dealkylation sites (tertiary alicyclic amines) is 2. The number of aliphatic hydroxyl groups excluding tert-OH is 1. The summed E-state index contributed by atoms with van der Waals surface area (Å²) in [5.74, 6) is -0.00908. The number of carbonyl (C=O) groups is 1. The third-order valence-corrected chi connectivity index (χ3v) is 6.80. The Labute approximate surface area is 167 Å². The minimum Gasteiger partial charge on any atom is -0.507 e. The first-order valence-corrected chi connectivity index (χ1v) is 10.6. The van der Waals surface area contributed by atoms with Crippen LogP contribution in [0, 0.1) is 12.3 Å². The van der Waals surface area contributed by atoms with Crippen LogP contribution in [-0.2, 0) is 4.74 Å². The monoisotopic (exact) mass is 388 g/mol. The zero-order valence-electron chi connectivity index (χ0n) is 16.8. The zero-order valence-corrected chi connectivity index (χ0v) is 16.8. The second kappa shape index (κ2) is 8.01. The van der Waals surface area contributed by atoms with Crippen LogP contribution in [-0.4, -0.2) is 77.5 Å². The lowest BCUT2D eigenvalue weighted by atomic mass is 9.76. The van der Waals surface area contributed by atoms with Crippen molar-refractivity contribution in [3.63, 3.8) is 0 Å². The predicted molar refractivity (Wildman–Crippen MR) is 106 cm³/mol. The molecule has 0 bridgehead atoms. The number of phenolic OH excluding ortho intramolecular Hbond substituents is 1. The highest BCUT2D eigenvalue weighted by Gasteiger charge is 2.43. The highest BCUT2D eigenvalue weighted by Crippen LogP contribution is 2.42. The standard InChI is InChI=1S/C22H32N2O4/c1-16-2-3-20(26)19(12-16)21(27)24-10-6-22(7-11-24)13-18(28-15-22)14-23-8-4-17(25)5-9-23/h2-3,12,17-18,25-26H,4-11,13-15H2,1H3. The molecule has 4 rings (SSSR count). The van der Waals surface area contributed by atoms with E-state index in [9.17, 15) is 15.0 Å². The third-order valence-electron chi connectivity index (χ3n) is 6.80. The molecule has 1 aromatic rings. The van der Waals surface area contributed by atoms with Gasteiger partial charge >= 0.3 is 0 Å². The highest BCUT2D eigenvalue weighted by molar-refractivity contribution is 5.97. The van der Waals surface area contributed by atoms with E-state index in [1.54, 1.807) is 12.1 Å². The number of hydrogen-bond acceptors (Lipinski definition) is 5. The first-order valence-electron chi connectivity index (χ1n) is 10.6. The summed E-state index contributed by atoms with van der Waals surface area (Å²) in [5, 5.41) is 19.7. The molecule has 3 heterocycles. The van der Waals surface area contributed by atoms with Gasteiger partial charge in [-0.25, -0.2) is 0 Å². The number of rotatable bonds is 3. The Morgan fingerprint density at radius 1 is 1.21 bits per heavy atom. The maximum atomic E-state index is 12.8. The van der Waals surface area contributed by atoms with E-state index < -0.39 is 0 Å². The summed E-state index contributed by atoms with van der Waals surface area (Å²) in [6, 6.07) is 5.19. The van der Waals surface area contributed by atoms with Crippen molar-refractivity contribution in [3.8, 4) is 5.75 Å². The number of benzene rings is 1. The average Bonchev–Trinajstić information content (AvgIpc) is 3.08. The van der Waals surface area contributed by atoms with E-state index >= 15 is 0 Å². The summed E-state index contributed by atoms with van der Waals surface area (Å²) in [6.07, 6.45) is 4.83. The molecule has 2 N–H and O–H groups in total. The van der Waals surface area contributed by atoms with Gasteiger partial charge in [-0.05, 0) is 56.6 Å². The number of aryl methyl sites for hydroxylation is 1. The first-order chi connectivity index (χ1) is 13.4. The molecule has 3 saturated heterocycles. The van der Waals surface area contributed by atoms with Crippen molar-refractivity contribution in [1.29, 1.82) is 0 Å². The van der Waals surface area contributed by atoms with Gasteiger partial charge in [-0.2, -0.15) is 0 Å². The molecule has 1 amide bonds. The lowest BCUT2D eigenvalue weighted by Gasteiger charge is -2.38. The van der Waals surface area contributed by atoms with Crippen LogP contribution < -0.4 is 0 Å². The van der Waals surface area contributed by atoms with E-state index in [0.29, 0.717) is 5.56 Å². The fourth-order valence-corrected chi connectivity index (χ4v) is 4.93. The van der Waals surface area contributed by atoms with Gasteiger partial charge in [-0.15, -0.1) is 0 Å². The normalized spacial score (nSPS) is 26.1. The van der Waals surface area contributed by atoms with Gasteiger partial charge in [0.05, 0.1) is 24.4 Å². The van der Waals surface area contributed by atoms with Crippen LogP contribution in [0.5, 0.6) is 5.75 Å². The molecule has 3 fully saturated rings. The molecule has 3 aliphatic heterocycles. The fourth-order valence-electron chi connectivity index (χ4n) is 4.93. The number of hydrogen-bond donors (Lipinski definition) is 2. The quantitative estimate of drug-likeness (QED) is 0.830. The second-order valence-electron chi connectivity index (χ2n) is 8.98. The van der Waals surface area contributed by atoms with Crippen LogP contribution in [0.3, 0.4) is 0 Å². The van der Waals surface area contributed by atoms with E-state index in [0.717, 1.165) is 77.0 Å². The number of piperidine rings is 2. The summed E-state index contributed by atoms with van der Waals surface area (Å²) in [6.45, 7) is 7.02. The van der Waals surface area contributed by atoms with Crippen molar-refractivity contribution in [2.45, 2.75) is 51.2 Å². The van der Waals surface area contributed by atoms with Crippen LogP contribution in [0.2, 0.25) is 0 Å². The van der Waals surface area contributed by atoms with Gasteiger partial charge < -0.3 is 24.7 Å². The van der Waals surface area contributed by atoms with Gasteiger partial charge in [0.2, 0.25) is 0 Å². The van der Waals surface area contributed by atoms with Crippen molar-refractivity contribution in [3.05, 3.63) is 29.3 Å². The average molecular weight is 389 g/mol. The Morgan fingerprint density at radius 3 is 2.64 bits per heavy atom. The van der Waals surface area contributed by atoms with Crippen molar-refractivity contribution < 1.29 is 19.7 Å². The molecule has 1 spiro atoms. The smallest absolute Gasteiger partial charge is 0.257 e. The van der Waals surface area contributed by atoms with Crippen molar-refractivity contribution in [2.75, 3.05) is 39.3 Å². The fraction of sp³-hybridized carbons (Fsp3) is 0.682. The molecule has 0 saturated carbocycles. The highest BCUT2D eigenvalue weighted by atomic mass is 16.5. The van der Waals surface area contributed by atoms with Gasteiger partial charge in [0.1, 0.15) is 5.75 Å². The number of aliphatic hydroxyl groups is 1. The van der Waals surface area contributed by atoms with E-state index in [1.165, 1.54) is 0 Å². The molecule has 0 aliphatic carbocycles. The van der Waals surface area contributed by atoms with E-state index in [-0.39, 0.29) is 29.3 Å². The second-order valence-corrected chi connectivity index (χ2v) is 8.98. The molecule has 28 heavy (non-hydrogen) atoms. The van der Waals surface area contributed by atoms with Gasteiger partial charge in [0, 0.05) is 32.7 Å². The van der Waals surface area contributed by atoms with Gasteiger partial charge in [-0.3, -0.25) is 4.79 Å². The Kier molecular flexibility index (Phi) is 5.63. The maximum Gasteiger partial charge on any atom is 0.257 e. The SMILES string of the molecule is Cc1ccc(O)c(C(=O)N2CCC3(CC2)COC(CN2CCC(O)CC2)C3)c1. The van der Waals surface area contributed by atoms with Gasteiger partial charge in [0.15, 0.2) is 0 Å². The number of aromatic hydroxyl groups is 1. The Bertz CT molecular complexity index is 706. The van der Waals surface area contributed by atoms with Crippen molar-refractivity contribution in [2.24, 2.45) is 5.41 Å². The van der Waals surface area contributed by atoms with Crippen molar-refractivity contribution in [1.82, 2.24) is 9.80 Å². The van der Waals surface area contributed by atoms with Crippen LogP contribution >= 0.6 is 0 Å². The number of phenols is 1. The molecule has 154 valence electrons. The molecule has 3 aliphatic rings. The molecule has 1 unspecified atom stereocenters. The minimum absolute atomic E-state index is 0.0619. The Balaban J connectivity index is 1.30. The topological polar surface area (TPSA) is 73.2 Å². The molecular weight excluding hydrogens is 356 g/mol. The number of ether oxygens (including phenoxy) is 1. The molecule has 0 aromatic heterocycles. The predicted octanol–water partition coefficient (Wildman–Crippen LogP) is 2.17. The van der Waals surface area contributed by atoms with Crippen LogP contribution in [0.15, 0.2) is 18.2 Å². The number of carbonyl (C=O) groups excluding carboxylic acids is 1. The summed E-state index contributed by atoms with van der Waals surface area (Å²) in [5.41, 5.74) is 1.57. The number of amides is 1. The maximum absolute atomic E-state index is 12.8. The van der Waals surface area contributed by atoms with Gasteiger partial charge in [0.25, 0.3) is 5.91 Å². The Morgan fingerprint density at radius 2 is 1.93 bits per heavy atom. The number of nitrogens with zero attached hydrogens (tertiary/aromatic N) is 2. The van der Waals surface area contributed by atoms with E-state index in [2.05, 4.69) is 4.90 Å². The summed E-state index contributed by atoms with van der Waals surface area (Å²) >= 11 is 0. The third kappa shape index (κ3) is 4.19. The van der Waals surface area contributed by atoms with Crippen molar-refractivity contribution >= 4 is 5.91 Å². The summed E-state index contributed by atoms with van der Waals surface area (Å²) in [7, 11) is 0. The van der Waals surface area contributed by atoms with Crippen LogP contribution in [0.1, 0.15) is 48.0 Å². The largest absolute Gasteiger partial charge is 0.507 e. The summed E-state index contributed by atoms with van der Waals surface area (Å²) in [4.78, 5) is 17.1. The van der Waals surface area contributed by atoms with E-state index in [4.69, 9.17) is 4.74 Å². The zero-order chi connectivity index (χ0) is 19.7. The van der Waals surface area contributed by atoms with Crippen LogP contribution in [0.25, 0.3) is 0 Å². The molecule has 1 aromatic carbocycles. The minimum atomic E-state index is -0.137. The van der Waals surface area contributed by atoms with Gasteiger partial charge in [-0.1, -0.05) is 11.6 Å². The van der Waals surface area contributed by atoms with E-state index in [1.807, 2.05) is 17.9 Å². The van der Waals surface area contributed by atoms with Crippen LogP contribution in [0.4, 0.5) is 0 Å². The Hall–Kier alpha value is -1.63. The first kappa shape index (κ1) is 19.7. The summed E-state index contributed by atoms with van der Waals surface area (Å²) < 4.78 is 6.14. The molecular formula is C22H32N2O4. The lowest BCUT2D eigenvalue weighted by molar-refractivity contribution is 0.0302. The lowest BCUT2D eigenvalue weighted by Crippen LogP contribution is -2.44. The molecule has 6 nitrogen and oxygen atoms in total. The molecule has 1 atom stereocenters.